The van der Waals surface area contributed by atoms with Crippen molar-refractivity contribution in [3.63, 3.8) is 0 Å². The van der Waals surface area contributed by atoms with Gasteiger partial charge in [-0.2, -0.15) is 0 Å². The van der Waals surface area contributed by atoms with Crippen LogP contribution in [0.1, 0.15) is 26.2 Å². The molecule has 1 aliphatic rings. The zero-order chi connectivity index (χ0) is 9.84. The van der Waals surface area contributed by atoms with Crippen molar-refractivity contribution in [1.82, 2.24) is 4.90 Å². The Hall–Kier alpha value is -1.06. The molecule has 74 valence electrons. The molecule has 0 aromatic heterocycles. The van der Waals surface area contributed by atoms with Crippen LogP contribution in [-0.4, -0.2) is 36.5 Å². The van der Waals surface area contributed by atoms with Crippen LogP contribution in [0.3, 0.4) is 0 Å². The largest absolute Gasteiger partial charge is 0.467 e. The Balaban J connectivity index is 2.63. The number of hydrogen-bond acceptors (Lipinski definition) is 3. The van der Waals surface area contributed by atoms with Crippen molar-refractivity contribution in [1.29, 1.82) is 0 Å². The number of carbonyl (C=O) groups is 2. The van der Waals surface area contributed by atoms with E-state index in [4.69, 9.17) is 0 Å². The van der Waals surface area contributed by atoms with Gasteiger partial charge in [-0.05, 0) is 12.8 Å². The van der Waals surface area contributed by atoms with Crippen LogP contribution in [0.15, 0.2) is 0 Å². The monoisotopic (exact) mass is 185 g/mol. The summed E-state index contributed by atoms with van der Waals surface area (Å²) in [5, 5.41) is 0. The predicted molar refractivity (Wildman–Crippen MR) is 47.0 cm³/mol. The average Bonchev–Trinajstić information content (AvgIpc) is 2.48. The lowest BCUT2D eigenvalue weighted by Gasteiger charge is -2.21. The van der Waals surface area contributed by atoms with Gasteiger partial charge in [-0.25, -0.2) is 4.79 Å². The third-order valence-corrected chi connectivity index (χ3v) is 2.27. The normalized spacial score (nSPS) is 22.2. The Morgan fingerprint density at radius 3 is 2.92 bits per heavy atom. The van der Waals surface area contributed by atoms with Gasteiger partial charge in [0.2, 0.25) is 5.91 Å². The van der Waals surface area contributed by atoms with Crippen LogP contribution in [0, 0.1) is 0 Å². The van der Waals surface area contributed by atoms with E-state index in [9.17, 15) is 9.59 Å². The molecule has 0 spiro atoms. The molecule has 1 heterocycles. The molecule has 1 saturated heterocycles. The van der Waals surface area contributed by atoms with E-state index in [1.807, 2.05) is 6.92 Å². The van der Waals surface area contributed by atoms with E-state index in [0.29, 0.717) is 19.4 Å². The lowest BCUT2D eigenvalue weighted by atomic mass is 10.2. The summed E-state index contributed by atoms with van der Waals surface area (Å²) in [4.78, 5) is 24.2. The number of ether oxygens (including phenoxy) is 1. The maximum atomic E-state index is 11.3. The predicted octanol–water partition coefficient (Wildman–Crippen LogP) is 0.560. The first-order valence-electron chi connectivity index (χ1n) is 4.58. The van der Waals surface area contributed by atoms with Gasteiger partial charge < -0.3 is 9.64 Å². The SMILES string of the molecule is CCCN1C(=O)CCC1C(=O)OC. The van der Waals surface area contributed by atoms with Gasteiger partial charge in [-0.3, -0.25) is 4.79 Å². The van der Waals surface area contributed by atoms with E-state index in [-0.39, 0.29) is 17.9 Å². The molecule has 4 nitrogen and oxygen atoms in total. The minimum absolute atomic E-state index is 0.0669. The molecule has 4 heteroatoms. The van der Waals surface area contributed by atoms with Crippen LogP contribution in [0.4, 0.5) is 0 Å². The maximum Gasteiger partial charge on any atom is 0.328 e. The van der Waals surface area contributed by atoms with Crippen molar-refractivity contribution >= 4 is 11.9 Å². The van der Waals surface area contributed by atoms with Gasteiger partial charge in [0.15, 0.2) is 0 Å². The molecular formula is C9H15NO3. The van der Waals surface area contributed by atoms with E-state index < -0.39 is 0 Å². The smallest absolute Gasteiger partial charge is 0.328 e. The second-order valence-corrected chi connectivity index (χ2v) is 3.16. The Kier molecular flexibility index (Phi) is 3.28. The standard InChI is InChI=1S/C9H15NO3/c1-3-6-10-7(9(12)13-2)4-5-8(10)11/h7H,3-6H2,1-2H3. The quantitative estimate of drug-likeness (QED) is 0.603. The molecule has 0 aromatic rings. The van der Waals surface area contributed by atoms with Crippen molar-refractivity contribution in [2.24, 2.45) is 0 Å². The highest BCUT2D eigenvalue weighted by molar-refractivity contribution is 5.88. The fourth-order valence-electron chi connectivity index (χ4n) is 1.64. The van der Waals surface area contributed by atoms with Gasteiger partial charge in [0.25, 0.3) is 0 Å². The summed E-state index contributed by atoms with van der Waals surface area (Å²) in [5.74, 6) is -0.225. The molecule has 0 aliphatic carbocycles. The summed E-state index contributed by atoms with van der Waals surface area (Å²) in [6.07, 6.45) is 1.95. The number of carbonyl (C=O) groups excluding carboxylic acids is 2. The van der Waals surface area contributed by atoms with E-state index in [1.165, 1.54) is 7.11 Å². The van der Waals surface area contributed by atoms with Crippen LogP contribution in [0.2, 0.25) is 0 Å². The number of amides is 1. The number of methoxy groups -OCH3 is 1. The van der Waals surface area contributed by atoms with Gasteiger partial charge in [0, 0.05) is 13.0 Å². The Labute approximate surface area is 77.8 Å². The highest BCUT2D eigenvalue weighted by Crippen LogP contribution is 2.19. The molecule has 1 amide bonds. The molecule has 1 rings (SSSR count). The Bertz CT molecular complexity index is 215. The second-order valence-electron chi connectivity index (χ2n) is 3.16. The number of rotatable bonds is 3. The van der Waals surface area contributed by atoms with E-state index in [0.717, 1.165) is 6.42 Å². The Morgan fingerprint density at radius 2 is 2.38 bits per heavy atom. The van der Waals surface area contributed by atoms with Crippen molar-refractivity contribution in [2.75, 3.05) is 13.7 Å². The molecule has 0 radical (unpaired) electrons. The lowest BCUT2D eigenvalue weighted by molar-refractivity contribution is -0.149. The number of likely N-dealkylation sites (tertiary alicyclic amines) is 1. The summed E-state index contributed by atoms with van der Waals surface area (Å²) in [7, 11) is 1.36. The van der Waals surface area contributed by atoms with Crippen molar-refractivity contribution in [3.05, 3.63) is 0 Å². The number of nitrogens with zero attached hydrogens (tertiary/aromatic N) is 1. The zero-order valence-electron chi connectivity index (χ0n) is 8.08. The molecule has 0 saturated carbocycles. The van der Waals surface area contributed by atoms with Gasteiger partial charge >= 0.3 is 5.97 Å². The van der Waals surface area contributed by atoms with E-state index in [2.05, 4.69) is 4.74 Å². The third kappa shape index (κ3) is 1.99. The molecule has 1 unspecified atom stereocenters. The minimum Gasteiger partial charge on any atom is -0.467 e. The minimum atomic E-state index is -0.336. The molecule has 13 heavy (non-hydrogen) atoms. The summed E-state index contributed by atoms with van der Waals surface area (Å²) < 4.78 is 4.63. The second kappa shape index (κ2) is 4.25. The van der Waals surface area contributed by atoms with Gasteiger partial charge in [-0.15, -0.1) is 0 Å². The van der Waals surface area contributed by atoms with Gasteiger partial charge in [0.05, 0.1) is 7.11 Å². The number of esters is 1. The summed E-state index contributed by atoms with van der Waals surface area (Å²) in [6, 6.07) is -0.336. The summed E-state index contributed by atoms with van der Waals surface area (Å²) >= 11 is 0. The van der Waals surface area contributed by atoms with Crippen LogP contribution in [0.5, 0.6) is 0 Å². The molecular weight excluding hydrogens is 170 g/mol. The first-order valence-corrected chi connectivity index (χ1v) is 4.58. The lowest BCUT2D eigenvalue weighted by Crippen LogP contribution is -2.39. The first-order chi connectivity index (χ1) is 6.20. The molecule has 0 aromatic carbocycles. The first kappa shape index (κ1) is 10.0. The van der Waals surface area contributed by atoms with Crippen LogP contribution < -0.4 is 0 Å². The van der Waals surface area contributed by atoms with E-state index in [1.54, 1.807) is 4.90 Å². The Morgan fingerprint density at radius 1 is 1.69 bits per heavy atom. The topological polar surface area (TPSA) is 46.6 Å². The molecule has 1 aliphatic heterocycles. The maximum absolute atomic E-state index is 11.3. The third-order valence-electron chi connectivity index (χ3n) is 2.27. The molecule has 0 N–H and O–H groups in total. The summed E-state index contributed by atoms with van der Waals surface area (Å²) in [6.45, 7) is 2.64. The van der Waals surface area contributed by atoms with Gasteiger partial charge in [0.1, 0.15) is 6.04 Å². The van der Waals surface area contributed by atoms with Crippen LogP contribution >= 0.6 is 0 Å². The van der Waals surface area contributed by atoms with Gasteiger partial charge in [-0.1, -0.05) is 6.92 Å². The molecule has 1 atom stereocenters. The van der Waals surface area contributed by atoms with Crippen LogP contribution in [-0.2, 0) is 14.3 Å². The average molecular weight is 185 g/mol. The summed E-state index contributed by atoms with van der Waals surface area (Å²) in [5.41, 5.74) is 0. The zero-order valence-corrected chi connectivity index (χ0v) is 8.08. The fraction of sp³-hybridized carbons (Fsp3) is 0.778. The van der Waals surface area contributed by atoms with Crippen molar-refractivity contribution < 1.29 is 14.3 Å². The number of hydrogen-bond donors (Lipinski definition) is 0. The fourth-order valence-corrected chi connectivity index (χ4v) is 1.64. The van der Waals surface area contributed by atoms with E-state index >= 15 is 0 Å². The van der Waals surface area contributed by atoms with Crippen molar-refractivity contribution in [2.45, 2.75) is 32.2 Å². The molecule has 1 fully saturated rings. The highest BCUT2D eigenvalue weighted by atomic mass is 16.5. The molecule has 0 bridgehead atoms. The highest BCUT2D eigenvalue weighted by Gasteiger charge is 2.35. The van der Waals surface area contributed by atoms with Crippen molar-refractivity contribution in [3.8, 4) is 0 Å². The van der Waals surface area contributed by atoms with Crippen LogP contribution in [0.25, 0.3) is 0 Å².